The molecular formula is C19H42N2O4S2. The van der Waals surface area contributed by atoms with Crippen LogP contribution in [0.15, 0.2) is 0 Å². The van der Waals surface area contributed by atoms with Gasteiger partial charge in [0.25, 0.3) is 10.3 Å². The molecule has 0 aromatic rings. The molecular weight excluding hydrogens is 384 g/mol. The zero-order valence-electron chi connectivity index (χ0n) is 17.6. The van der Waals surface area contributed by atoms with E-state index in [1.165, 1.54) is 51.4 Å². The van der Waals surface area contributed by atoms with Crippen molar-refractivity contribution in [1.82, 2.24) is 0 Å². The summed E-state index contributed by atoms with van der Waals surface area (Å²) in [6.45, 7) is 8.58. The highest BCUT2D eigenvalue weighted by Crippen LogP contribution is 2.18. The zero-order chi connectivity index (χ0) is 22.1. The monoisotopic (exact) mass is 426 g/mol. The van der Waals surface area contributed by atoms with Crippen molar-refractivity contribution >= 4 is 40.8 Å². The third-order valence-electron chi connectivity index (χ3n) is 3.26. The Morgan fingerprint density at radius 2 is 1.15 bits per heavy atom. The van der Waals surface area contributed by atoms with Gasteiger partial charge in [0.2, 0.25) is 0 Å². The van der Waals surface area contributed by atoms with Crippen LogP contribution < -0.4 is 11.5 Å². The fourth-order valence-corrected chi connectivity index (χ4v) is 2.09. The van der Waals surface area contributed by atoms with E-state index in [-0.39, 0.29) is 0 Å². The summed E-state index contributed by atoms with van der Waals surface area (Å²) in [5, 5.41) is 22.8. The van der Waals surface area contributed by atoms with E-state index in [9.17, 15) is 4.79 Å². The normalized spacial score (nSPS) is 9.93. The van der Waals surface area contributed by atoms with Gasteiger partial charge in [-0.05, 0) is 36.8 Å². The number of carboxylic acids is 1. The Hall–Kier alpha value is -1.15. The maximum absolute atomic E-state index is 10.6. The average molecular weight is 427 g/mol. The predicted molar refractivity (Wildman–Crippen MR) is 123 cm³/mol. The van der Waals surface area contributed by atoms with Crippen molar-refractivity contribution < 1.29 is 20.1 Å². The first-order valence-electron chi connectivity index (χ1n) is 9.77. The highest BCUT2D eigenvalue weighted by Gasteiger charge is 2.10. The Morgan fingerprint density at radius 3 is 1.44 bits per heavy atom. The maximum Gasteiger partial charge on any atom is 0.303 e. The summed E-state index contributed by atoms with van der Waals surface area (Å²) in [5.74, 6) is -0.247. The molecule has 0 fully saturated rings. The van der Waals surface area contributed by atoms with E-state index in [4.69, 9.17) is 15.3 Å². The Kier molecular flexibility index (Phi) is 36.7. The molecule has 0 bridgehead atoms. The van der Waals surface area contributed by atoms with Crippen LogP contribution in [-0.2, 0) is 4.79 Å². The summed E-state index contributed by atoms with van der Waals surface area (Å²) < 4.78 is 0. The van der Waals surface area contributed by atoms with Crippen LogP contribution in [0.5, 0.6) is 0 Å². The van der Waals surface area contributed by atoms with Crippen molar-refractivity contribution in [3.05, 3.63) is 0 Å². The average Bonchev–Trinajstić information content (AvgIpc) is 2.52. The second-order valence-corrected chi connectivity index (χ2v) is 7.00. The van der Waals surface area contributed by atoms with Gasteiger partial charge in [0.05, 0.1) is 0 Å². The molecule has 7 N–H and O–H groups in total. The number of hydrogen-bond donors (Lipinski definition) is 5. The topological polar surface area (TPSA) is 130 Å². The number of aliphatic hydroxyl groups is 2. The van der Waals surface area contributed by atoms with Crippen molar-refractivity contribution in [2.45, 2.75) is 98.3 Å². The van der Waals surface area contributed by atoms with Gasteiger partial charge in [-0.3, -0.25) is 4.79 Å². The van der Waals surface area contributed by atoms with Crippen LogP contribution in [-0.4, -0.2) is 31.6 Å². The van der Waals surface area contributed by atoms with E-state index in [0.29, 0.717) is 12.3 Å². The van der Waals surface area contributed by atoms with E-state index in [0.717, 1.165) is 12.8 Å². The molecule has 1 unspecified atom stereocenters. The third-order valence-corrected chi connectivity index (χ3v) is 3.26. The molecule has 0 aromatic carbocycles. The van der Waals surface area contributed by atoms with E-state index >= 15 is 0 Å². The Morgan fingerprint density at radius 1 is 0.815 bits per heavy atom. The SMILES string of the molecule is CCC.CCCCCCCCCC(CC)CC(=O)O.NC(O)=S.NC(O)=S. The zero-order valence-corrected chi connectivity index (χ0v) is 19.2. The smallest absolute Gasteiger partial charge is 0.303 e. The van der Waals surface area contributed by atoms with Gasteiger partial charge in [0.15, 0.2) is 0 Å². The summed E-state index contributed by atoms with van der Waals surface area (Å²) in [6, 6.07) is 0. The molecule has 164 valence electrons. The van der Waals surface area contributed by atoms with E-state index in [2.05, 4.69) is 63.6 Å². The molecule has 0 spiro atoms. The minimum absolute atomic E-state index is 0.354. The molecule has 0 rings (SSSR count). The van der Waals surface area contributed by atoms with E-state index in [1.54, 1.807) is 0 Å². The molecule has 0 aromatic heterocycles. The minimum atomic E-state index is -0.644. The molecule has 6 nitrogen and oxygen atoms in total. The number of aliphatic hydroxyl groups excluding tert-OH is 2. The van der Waals surface area contributed by atoms with Gasteiger partial charge in [0.1, 0.15) is 0 Å². The molecule has 1 atom stereocenters. The molecule has 0 radical (unpaired) electrons. The Bertz CT molecular complexity index is 324. The van der Waals surface area contributed by atoms with Crippen molar-refractivity contribution in [3.63, 3.8) is 0 Å². The summed E-state index contributed by atoms with van der Waals surface area (Å²) in [6.07, 6.45) is 12.9. The summed E-state index contributed by atoms with van der Waals surface area (Å²) in [5.41, 5.74) is 8.80. The highest BCUT2D eigenvalue weighted by molar-refractivity contribution is 7.80. The lowest BCUT2D eigenvalue weighted by atomic mass is 9.95. The van der Waals surface area contributed by atoms with Crippen LogP contribution in [0.1, 0.15) is 98.3 Å². The summed E-state index contributed by atoms with van der Waals surface area (Å²) >= 11 is 7.74. The van der Waals surface area contributed by atoms with Crippen LogP contribution in [0.4, 0.5) is 0 Å². The van der Waals surface area contributed by atoms with Gasteiger partial charge >= 0.3 is 5.97 Å². The number of hydrogen-bond acceptors (Lipinski definition) is 3. The van der Waals surface area contributed by atoms with Crippen molar-refractivity contribution in [2.24, 2.45) is 17.4 Å². The van der Waals surface area contributed by atoms with Crippen LogP contribution in [0.3, 0.4) is 0 Å². The third kappa shape index (κ3) is 67.6. The Balaban J connectivity index is -0.000000196. The maximum atomic E-state index is 10.6. The number of nitrogens with two attached hydrogens (primary N) is 2. The Labute approximate surface area is 176 Å². The van der Waals surface area contributed by atoms with Crippen molar-refractivity contribution in [1.29, 1.82) is 0 Å². The fraction of sp³-hybridized carbons (Fsp3) is 0.842. The quantitative estimate of drug-likeness (QED) is 0.212. The van der Waals surface area contributed by atoms with E-state index in [1.807, 2.05) is 0 Å². The van der Waals surface area contributed by atoms with Gasteiger partial charge in [0, 0.05) is 6.42 Å². The molecule has 8 heteroatoms. The minimum Gasteiger partial charge on any atom is -0.487 e. The second kappa shape index (κ2) is 29.6. The van der Waals surface area contributed by atoms with E-state index < -0.39 is 16.3 Å². The molecule has 0 aliphatic carbocycles. The number of carboxylic acid groups (broad SMARTS) is 1. The number of thiocarbonyl (C=S) groups is 2. The lowest BCUT2D eigenvalue weighted by molar-refractivity contribution is -0.138. The van der Waals surface area contributed by atoms with Gasteiger partial charge in [-0.1, -0.05) is 85.5 Å². The first-order chi connectivity index (χ1) is 12.6. The predicted octanol–water partition coefficient (Wildman–Crippen LogP) is 5.62. The lowest BCUT2D eigenvalue weighted by Crippen LogP contribution is -2.06. The number of aliphatic carboxylic acids is 1. The highest BCUT2D eigenvalue weighted by atomic mass is 32.1. The van der Waals surface area contributed by atoms with Crippen molar-refractivity contribution in [3.8, 4) is 0 Å². The van der Waals surface area contributed by atoms with Gasteiger partial charge in [-0.15, -0.1) is 0 Å². The largest absolute Gasteiger partial charge is 0.487 e. The molecule has 0 aliphatic heterocycles. The van der Waals surface area contributed by atoms with Crippen LogP contribution >= 0.6 is 24.4 Å². The van der Waals surface area contributed by atoms with Crippen molar-refractivity contribution in [2.75, 3.05) is 0 Å². The fourth-order valence-electron chi connectivity index (χ4n) is 2.09. The first kappa shape index (κ1) is 33.4. The number of rotatable bonds is 11. The number of carbonyl (C=O) groups is 1. The summed E-state index contributed by atoms with van der Waals surface area (Å²) in [7, 11) is 0. The molecule has 0 saturated heterocycles. The van der Waals surface area contributed by atoms with Crippen LogP contribution in [0.2, 0.25) is 0 Å². The van der Waals surface area contributed by atoms with Crippen LogP contribution in [0, 0.1) is 5.92 Å². The standard InChI is InChI=1S/C14H28O2.C3H8.2CH3NOS/c1-3-5-6-7-8-9-10-11-13(4-2)12-14(15)16;1-3-2;2*2-1(3)4/h13H,3-12H2,1-2H3,(H,15,16);3H2,1-2H3;2*(H3,2,3,4). The molecule has 0 heterocycles. The number of unbranched alkanes of at least 4 members (excludes halogenated alkanes) is 6. The lowest BCUT2D eigenvalue weighted by Gasteiger charge is -2.11. The van der Waals surface area contributed by atoms with Gasteiger partial charge in [-0.25, -0.2) is 0 Å². The van der Waals surface area contributed by atoms with Gasteiger partial charge in [-0.2, -0.15) is 0 Å². The van der Waals surface area contributed by atoms with Crippen LogP contribution in [0.25, 0.3) is 0 Å². The molecule has 0 amide bonds. The first-order valence-corrected chi connectivity index (χ1v) is 10.6. The molecule has 0 aliphatic rings. The molecule has 0 saturated carbocycles. The second-order valence-electron chi connectivity index (χ2n) is 6.17. The summed E-state index contributed by atoms with van der Waals surface area (Å²) in [4.78, 5) is 10.6. The molecule has 27 heavy (non-hydrogen) atoms. The van der Waals surface area contributed by atoms with Gasteiger partial charge < -0.3 is 26.8 Å².